The van der Waals surface area contributed by atoms with Crippen molar-refractivity contribution in [1.82, 2.24) is 16.0 Å². The molecule has 26 heavy (non-hydrogen) atoms. The van der Waals surface area contributed by atoms with E-state index in [9.17, 15) is 14.4 Å². The number of hydrogen-bond donors (Lipinski definition) is 3. The molecule has 0 aliphatic heterocycles. The molecule has 0 aliphatic rings. The summed E-state index contributed by atoms with van der Waals surface area (Å²) in [6, 6.07) is 0.956. The first-order valence-electron chi connectivity index (χ1n) is 10.2. The summed E-state index contributed by atoms with van der Waals surface area (Å²) in [6.07, 6.45) is 5.90. The van der Waals surface area contributed by atoms with Gasteiger partial charge in [0.1, 0.15) is 0 Å². The van der Waals surface area contributed by atoms with Gasteiger partial charge in [-0.25, -0.2) is 0 Å². The lowest BCUT2D eigenvalue weighted by molar-refractivity contribution is -0.119. The van der Waals surface area contributed by atoms with Gasteiger partial charge in [-0.2, -0.15) is 0 Å². The monoisotopic (exact) mass is 385 g/mol. The van der Waals surface area contributed by atoms with E-state index in [0.29, 0.717) is 37.8 Å². The van der Waals surface area contributed by atoms with Gasteiger partial charge in [-0.3, -0.25) is 14.4 Å². The number of amides is 3. The smallest absolute Gasteiger partial charge is 0.217 e. The minimum Gasteiger partial charge on any atom is -0.356 e. The number of hydrogen-bond acceptors (Lipinski definition) is 3. The summed E-state index contributed by atoms with van der Waals surface area (Å²) in [5.74, 6) is -0.0963. The molecule has 0 heterocycles. The average Bonchev–Trinajstić information content (AvgIpc) is 2.55. The van der Waals surface area contributed by atoms with Gasteiger partial charge in [0, 0.05) is 37.8 Å². The molecule has 3 amide bonds. The number of carbonyl (C=O) groups excluding carboxylic acids is 3. The molecule has 3 N–H and O–H groups in total. The maximum atomic E-state index is 12.3. The SMILES string of the molecule is CCCCNC(=O)C[Si](C)(CC(=O)NCCCC)CC(=O)NCCCC. The Morgan fingerprint density at radius 1 is 0.615 bits per heavy atom. The first-order chi connectivity index (χ1) is 12.4. The lowest BCUT2D eigenvalue weighted by atomic mass is 10.3. The van der Waals surface area contributed by atoms with Gasteiger partial charge in [0.2, 0.25) is 17.7 Å². The van der Waals surface area contributed by atoms with Crippen LogP contribution in [0.15, 0.2) is 0 Å². The number of nitrogens with one attached hydrogen (secondary N) is 3. The average molecular weight is 386 g/mol. The van der Waals surface area contributed by atoms with E-state index in [4.69, 9.17) is 0 Å². The predicted octanol–water partition coefficient (Wildman–Crippen LogP) is 2.81. The Morgan fingerprint density at radius 3 is 1.12 bits per heavy atom. The summed E-state index contributed by atoms with van der Waals surface area (Å²) in [4.78, 5) is 36.8. The molecule has 0 atom stereocenters. The molecule has 0 bridgehead atoms. The highest BCUT2D eigenvalue weighted by molar-refractivity contribution is 6.85. The minimum atomic E-state index is -2.36. The quantitative estimate of drug-likeness (QED) is 0.299. The van der Waals surface area contributed by atoms with E-state index in [1.807, 2.05) is 6.55 Å². The Kier molecular flexibility index (Phi) is 14.0. The highest BCUT2D eigenvalue weighted by Crippen LogP contribution is 2.21. The number of carbonyl (C=O) groups is 3. The van der Waals surface area contributed by atoms with Crippen LogP contribution in [-0.2, 0) is 14.4 Å². The van der Waals surface area contributed by atoms with Gasteiger partial charge in [-0.15, -0.1) is 0 Å². The molecule has 0 aromatic carbocycles. The largest absolute Gasteiger partial charge is 0.356 e. The fraction of sp³-hybridized carbons (Fsp3) is 0.842. The van der Waals surface area contributed by atoms with E-state index >= 15 is 0 Å². The Morgan fingerprint density at radius 2 is 0.885 bits per heavy atom. The van der Waals surface area contributed by atoms with Crippen molar-refractivity contribution in [3.8, 4) is 0 Å². The molecule has 0 aromatic rings. The predicted molar refractivity (Wildman–Crippen MR) is 110 cm³/mol. The molecular formula is C19H39N3O3Si. The van der Waals surface area contributed by atoms with Crippen LogP contribution in [-0.4, -0.2) is 45.4 Å². The van der Waals surface area contributed by atoms with Gasteiger partial charge in [-0.05, 0) is 19.3 Å². The van der Waals surface area contributed by atoms with Crippen molar-refractivity contribution in [1.29, 1.82) is 0 Å². The summed E-state index contributed by atoms with van der Waals surface area (Å²) in [6.45, 7) is 10.2. The molecule has 0 aliphatic carbocycles. The van der Waals surface area contributed by atoms with Gasteiger partial charge in [-0.1, -0.05) is 46.6 Å². The summed E-state index contributed by atoms with van der Waals surface area (Å²) in [5.41, 5.74) is 0. The van der Waals surface area contributed by atoms with E-state index in [2.05, 4.69) is 36.7 Å². The summed E-state index contributed by atoms with van der Waals surface area (Å²) in [7, 11) is -2.36. The lowest BCUT2D eigenvalue weighted by Gasteiger charge is -2.26. The van der Waals surface area contributed by atoms with Crippen LogP contribution < -0.4 is 16.0 Å². The maximum Gasteiger partial charge on any atom is 0.217 e. The molecule has 0 unspecified atom stereocenters. The van der Waals surface area contributed by atoms with Gasteiger partial charge in [0.15, 0.2) is 0 Å². The lowest BCUT2D eigenvalue weighted by Crippen LogP contribution is -2.45. The summed E-state index contributed by atoms with van der Waals surface area (Å²) >= 11 is 0. The van der Waals surface area contributed by atoms with Crippen LogP contribution >= 0.6 is 0 Å². The third-order valence-electron chi connectivity index (χ3n) is 4.32. The van der Waals surface area contributed by atoms with Crippen molar-refractivity contribution in [2.75, 3.05) is 19.6 Å². The van der Waals surface area contributed by atoms with E-state index in [0.717, 1.165) is 38.5 Å². The van der Waals surface area contributed by atoms with Crippen molar-refractivity contribution < 1.29 is 14.4 Å². The molecule has 0 fully saturated rings. The van der Waals surface area contributed by atoms with Crippen molar-refractivity contribution in [3.05, 3.63) is 0 Å². The fourth-order valence-corrected chi connectivity index (χ4v) is 5.83. The molecule has 0 saturated heterocycles. The van der Waals surface area contributed by atoms with Crippen molar-refractivity contribution >= 4 is 25.8 Å². The second-order valence-electron chi connectivity index (χ2n) is 7.45. The van der Waals surface area contributed by atoms with Crippen molar-refractivity contribution in [3.63, 3.8) is 0 Å². The second-order valence-corrected chi connectivity index (χ2v) is 12.1. The van der Waals surface area contributed by atoms with Crippen LogP contribution in [0.4, 0.5) is 0 Å². The van der Waals surface area contributed by atoms with Crippen molar-refractivity contribution in [2.45, 2.75) is 84.0 Å². The topological polar surface area (TPSA) is 87.3 Å². The van der Waals surface area contributed by atoms with Gasteiger partial charge >= 0.3 is 0 Å². The standard InChI is InChI=1S/C19H39N3O3Si/c1-5-8-11-20-17(23)14-26(4,15-18(24)21-12-9-6-2)16-19(25)22-13-10-7-3/h5-16H2,1-4H3,(H,20,23)(H,21,24)(H,22,25). The van der Waals surface area contributed by atoms with E-state index in [-0.39, 0.29) is 17.7 Å². The van der Waals surface area contributed by atoms with E-state index in [1.54, 1.807) is 0 Å². The Labute approximate surface area is 160 Å². The van der Waals surface area contributed by atoms with E-state index < -0.39 is 8.07 Å². The van der Waals surface area contributed by atoms with Crippen LogP contribution in [0.3, 0.4) is 0 Å². The highest BCUT2D eigenvalue weighted by Gasteiger charge is 2.35. The minimum absolute atomic E-state index is 0.0321. The van der Waals surface area contributed by atoms with E-state index in [1.165, 1.54) is 0 Å². The van der Waals surface area contributed by atoms with Gasteiger partial charge in [0.05, 0.1) is 8.07 Å². The molecule has 152 valence electrons. The zero-order valence-corrected chi connectivity index (χ0v) is 18.2. The van der Waals surface area contributed by atoms with Crippen LogP contribution in [0.25, 0.3) is 0 Å². The van der Waals surface area contributed by atoms with Crippen LogP contribution in [0.1, 0.15) is 59.3 Å². The van der Waals surface area contributed by atoms with Crippen molar-refractivity contribution in [2.24, 2.45) is 0 Å². The normalized spacial score (nSPS) is 11.1. The Hall–Kier alpha value is -1.37. The third-order valence-corrected chi connectivity index (χ3v) is 7.84. The highest BCUT2D eigenvalue weighted by atomic mass is 28.3. The Bertz CT molecular complexity index is 370. The molecular weight excluding hydrogens is 346 g/mol. The third kappa shape index (κ3) is 12.9. The zero-order valence-electron chi connectivity index (χ0n) is 17.2. The van der Waals surface area contributed by atoms with Crippen LogP contribution in [0.2, 0.25) is 24.7 Å². The maximum absolute atomic E-state index is 12.3. The Balaban J connectivity index is 4.74. The summed E-state index contributed by atoms with van der Waals surface area (Å²) < 4.78 is 0. The number of unbranched alkanes of at least 4 members (excludes halogenated alkanes) is 3. The first-order valence-corrected chi connectivity index (χ1v) is 13.3. The molecule has 0 radical (unpaired) electrons. The fourth-order valence-electron chi connectivity index (χ4n) is 2.75. The zero-order chi connectivity index (χ0) is 19.8. The number of rotatable bonds is 15. The van der Waals surface area contributed by atoms with Crippen LogP contribution in [0.5, 0.6) is 0 Å². The van der Waals surface area contributed by atoms with Gasteiger partial charge in [0.25, 0.3) is 0 Å². The molecule has 6 nitrogen and oxygen atoms in total. The molecule has 7 heteroatoms. The molecule has 0 aromatic heterocycles. The first kappa shape index (κ1) is 24.6. The van der Waals surface area contributed by atoms with Gasteiger partial charge < -0.3 is 16.0 Å². The molecule has 0 rings (SSSR count). The van der Waals surface area contributed by atoms with Crippen LogP contribution in [0, 0.1) is 0 Å². The molecule has 0 saturated carbocycles. The molecule has 0 spiro atoms. The second kappa shape index (κ2) is 14.8. The summed E-state index contributed by atoms with van der Waals surface area (Å²) in [5, 5.41) is 8.77.